The summed E-state index contributed by atoms with van der Waals surface area (Å²) in [5, 5.41) is 0. The van der Waals surface area contributed by atoms with E-state index in [1.807, 2.05) is 35.2 Å². The van der Waals surface area contributed by atoms with Crippen molar-refractivity contribution in [1.29, 1.82) is 0 Å². The molecule has 4 nitrogen and oxygen atoms in total. The van der Waals surface area contributed by atoms with Gasteiger partial charge in [-0.25, -0.2) is 0 Å². The lowest BCUT2D eigenvalue weighted by Gasteiger charge is -2.21. The number of carbonyl (C=O) groups is 1. The second-order valence-electron chi connectivity index (χ2n) is 5.16. The summed E-state index contributed by atoms with van der Waals surface area (Å²) in [4.78, 5) is 14.5. The van der Waals surface area contributed by atoms with Crippen molar-refractivity contribution in [3.8, 4) is 0 Å². The zero-order valence-electron chi connectivity index (χ0n) is 11.7. The molecular weight excluding hydrogens is 288 g/mol. The molecule has 0 radical (unpaired) electrons. The largest absolute Gasteiger partial charge is 0.467 e. The van der Waals surface area contributed by atoms with Gasteiger partial charge in [0.05, 0.1) is 12.1 Å². The molecule has 21 heavy (non-hydrogen) atoms. The average Bonchev–Trinajstić information content (AvgIpc) is 3.21. The molecule has 1 fully saturated rings. The van der Waals surface area contributed by atoms with Crippen LogP contribution in [0.1, 0.15) is 34.5 Å². The fourth-order valence-electron chi connectivity index (χ4n) is 2.30. The second kappa shape index (κ2) is 6.78. The molecule has 1 aliphatic rings. The first-order valence-corrected chi connectivity index (χ1v) is 6.90. The summed E-state index contributed by atoms with van der Waals surface area (Å²) >= 11 is 0. The quantitative estimate of drug-likeness (QED) is 0.924. The van der Waals surface area contributed by atoms with Gasteiger partial charge in [0, 0.05) is 12.6 Å². The maximum atomic E-state index is 12.6. The van der Waals surface area contributed by atoms with Gasteiger partial charge in [0.15, 0.2) is 0 Å². The number of hydrogen-bond donors (Lipinski definition) is 1. The molecule has 1 saturated carbocycles. The lowest BCUT2D eigenvalue weighted by molar-refractivity contribution is 0.0729. The van der Waals surface area contributed by atoms with Gasteiger partial charge in [0.25, 0.3) is 5.91 Å². The van der Waals surface area contributed by atoms with Gasteiger partial charge in [-0.2, -0.15) is 0 Å². The minimum atomic E-state index is 0. The summed E-state index contributed by atoms with van der Waals surface area (Å²) in [7, 11) is 0. The number of furan rings is 1. The molecule has 3 rings (SSSR count). The minimum absolute atomic E-state index is 0. The number of halogens is 1. The Morgan fingerprint density at radius 1 is 1.29 bits per heavy atom. The number of amides is 1. The fraction of sp³-hybridized carbons (Fsp3) is 0.312. The van der Waals surface area contributed by atoms with Crippen LogP contribution in [0.4, 0.5) is 0 Å². The zero-order valence-corrected chi connectivity index (χ0v) is 12.5. The van der Waals surface area contributed by atoms with E-state index in [0.29, 0.717) is 30.5 Å². The third kappa shape index (κ3) is 3.65. The average molecular weight is 307 g/mol. The summed E-state index contributed by atoms with van der Waals surface area (Å²) in [6.45, 7) is 0.961. The summed E-state index contributed by atoms with van der Waals surface area (Å²) in [5.41, 5.74) is 7.26. The number of benzene rings is 1. The van der Waals surface area contributed by atoms with E-state index in [0.717, 1.165) is 18.4 Å². The number of nitrogens with two attached hydrogens (primary N) is 1. The van der Waals surface area contributed by atoms with E-state index in [1.54, 1.807) is 6.07 Å². The zero-order chi connectivity index (χ0) is 13.9. The van der Waals surface area contributed by atoms with Crippen LogP contribution in [0, 0.1) is 0 Å². The van der Waals surface area contributed by atoms with Crippen molar-refractivity contribution in [2.24, 2.45) is 5.73 Å². The van der Waals surface area contributed by atoms with E-state index in [-0.39, 0.29) is 18.3 Å². The normalized spacial score (nSPS) is 13.6. The van der Waals surface area contributed by atoms with E-state index in [2.05, 4.69) is 0 Å². The maximum absolute atomic E-state index is 12.6. The third-order valence-corrected chi connectivity index (χ3v) is 3.55. The van der Waals surface area contributed by atoms with Gasteiger partial charge in [0.2, 0.25) is 0 Å². The van der Waals surface area contributed by atoms with Gasteiger partial charge in [-0.05, 0) is 24.5 Å². The van der Waals surface area contributed by atoms with Crippen LogP contribution in [0.25, 0.3) is 0 Å². The van der Waals surface area contributed by atoms with Crippen molar-refractivity contribution in [2.75, 3.05) is 0 Å². The number of rotatable bonds is 5. The van der Waals surface area contributed by atoms with Crippen LogP contribution in [0.3, 0.4) is 0 Å². The van der Waals surface area contributed by atoms with Gasteiger partial charge in [0.1, 0.15) is 12.0 Å². The molecule has 112 valence electrons. The molecule has 0 atom stereocenters. The molecule has 0 bridgehead atoms. The Morgan fingerprint density at radius 3 is 2.57 bits per heavy atom. The van der Waals surface area contributed by atoms with E-state index < -0.39 is 0 Å². The standard InChI is InChI=1S/C16H18N2O2.ClH/c17-9-15-8-13(11-20-15)16(19)18(14-6-7-14)10-12-4-2-1-3-5-12;/h1-5,8,11,14H,6-7,9-10,17H2;1H. The molecule has 1 aromatic heterocycles. The van der Waals surface area contributed by atoms with Crippen molar-refractivity contribution in [3.63, 3.8) is 0 Å². The smallest absolute Gasteiger partial charge is 0.257 e. The second-order valence-corrected chi connectivity index (χ2v) is 5.16. The first kappa shape index (κ1) is 15.6. The molecule has 1 aliphatic carbocycles. The number of carbonyl (C=O) groups excluding carboxylic acids is 1. The highest BCUT2D eigenvalue weighted by molar-refractivity contribution is 5.94. The molecule has 1 heterocycles. The number of nitrogens with zero attached hydrogens (tertiary/aromatic N) is 1. The van der Waals surface area contributed by atoms with Crippen molar-refractivity contribution in [2.45, 2.75) is 32.0 Å². The predicted octanol–water partition coefficient (Wildman–Crippen LogP) is 2.96. The Kier molecular flexibility index (Phi) is 5.04. The lowest BCUT2D eigenvalue weighted by atomic mass is 10.2. The van der Waals surface area contributed by atoms with Gasteiger partial charge in [-0.3, -0.25) is 4.79 Å². The van der Waals surface area contributed by atoms with Crippen LogP contribution in [0.5, 0.6) is 0 Å². The molecule has 0 unspecified atom stereocenters. The molecule has 2 N–H and O–H groups in total. The summed E-state index contributed by atoms with van der Waals surface area (Å²) < 4.78 is 5.26. The summed E-state index contributed by atoms with van der Waals surface area (Å²) in [5.74, 6) is 0.670. The summed E-state index contributed by atoms with van der Waals surface area (Å²) in [6.07, 6.45) is 3.67. The lowest BCUT2D eigenvalue weighted by Crippen LogP contribution is -2.32. The SMILES string of the molecule is Cl.NCc1cc(C(=O)N(Cc2ccccc2)C2CC2)co1. The highest BCUT2D eigenvalue weighted by atomic mass is 35.5. The van der Waals surface area contributed by atoms with Crippen molar-refractivity contribution in [3.05, 3.63) is 59.5 Å². The highest BCUT2D eigenvalue weighted by Gasteiger charge is 2.33. The highest BCUT2D eigenvalue weighted by Crippen LogP contribution is 2.30. The van der Waals surface area contributed by atoms with E-state index in [4.69, 9.17) is 10.2 Å². The van der Waals surface area contributed by atoms with Gasteiger partial charge in [-0.1, -0.05) is 30.3 Å². The first-order chi connectivity index (χ1) is 9.78. The Morgan fingerprint density at radius 2 is 2.00 bits per heavy atom. The van der Waals surface area contributed by atoms with Gasteiger partial charge >= 0.3 is 0 Å². The Bertz CT molecular complexity index is 593. The molecule has 1 amide bonds. The Balaban J connectivity index is 0.00000161. The molecule has 0 aliphatic heterocycles. The van der Waals surface area contributed by atoms with Gasteiger partial charge in [-0.15, -0.1) is 12.4 Å². The Hall–Kier alpha value is -1.78. The summed E-state index contributed by atoms with van der Waals surface area (Å²) in [6, 6.07) is 12.2. The third-order valence-electron chi connectivity index (χ3n) is 3.55. The number of hydrogen-bond acceptors (Lipinski definition) is 3. The van der Waals surface area contributed by atoms with E-state index in [9.17, 15) is 4.79 Å². The first-order valence-electron chi connectivity index (χ1n) is 6.90. The molecule has 5 heteroatoms. The topological polar surface area (TPSA) is 59.5 Å². The van der Waals surface area contributed by atoms with Crippen LogP contribution in [0.2, 0.25) is 0 Å². The Labute approximate surface area is 130 Å². The van der Waals surface area contributed by atoms with Crippen molar-refractivity contribution >= 4 is 18.3 Å². The van der Waals surface area contributed by atoms with Crippen LogP contribution in [-0.4, -0.2) is 16.8 Å². The maximum Gasteiger partial charge on any atom is 0.257 e. The fourth-order valence-corrected chi connectivity index (χ4v) is 2.30. The van der Waals surface area contributed by atoms with Crippen LogP contribution in [0.15, 0.2) is 47.1 Å². The molecule has 0 spiro atoms. The van der Waals surface area contributed by atoms with E-state index >= 15 is 0 Å². The minimum Gasteiger partial charge on any atom is -0.467 e. The molecule has 1 aromatic carbocycles. The molecular formula is C16H19ClN2O2. The van der Waals surface area contributed by atoms with Crippen LogP contribution >= 0.6 is 12.4 Å². The van der Waals surface area contributed by atoms with Crippen LogP contribution < -0.4 is 5.73 Å². The predicted molar refractivity (Wildman–Crippen MR) is 83.2 cm³/mol. The van der Waals surface area contributed by atoms with Crippen molar-refractivity contribution in [1.82, 2.24) is 4.90 Å². The molecule has 0 saturated heterocycles. The van der Waals surface area contributed by atoms with E-state index in [1.165, 1.54) is 6.26 Å². The van der Waals surface area contributed by atoms with Gasteiger partial charge < -0.3 is 15.1 Å². The monoisotopic (exact) mass is 306 g/mol. The van der Waals surface area contributed by atoms with Crippen LogP contribution in [-0.2, 0) is 13.1 Å². The molecule has 2 aromatic rings. The van der Waals surface area contributed by atoms with Crippen molar-refractivity contribution < 1.29 is 9.21 Å².